The van der Waals surface area contributed by atoms with Gasteiger partial charge in [0.05, 0.1) is 11.4 Å². The summed E-state index contributed by atoms with van der Waals surface area (Å²) in [6.07, 6.45) is 2.16. The molecule has 1 aliphatic heterocycles. The van der Waals surface area contributed by atoms with Gasteiger partial charge in [0, 0.05) is 16.5 Å². The van der Waals surface area contributed by atoms with Gasteiger partial charge in [-0.3, -0.25) is 9.69 Å². The van der Waals surface area contributed by atoms with E-state index in [0.29, 0.717) is 23.1 Å². The van der Waals surface area contributed by atoms with Crippen molar-refractivity contribution in [3.8, 4) is 11.4 Å². The van der Waals surface area contributed by atoms with Crippen LogP contribution in [-0.2, 0) is 6.54 Å². The normalized spacial score (nSPS) is 17.8. The van der Waals surface area contributed by atoms with Crippen molar-refractivity contribution in [2.75, 3.05) is 6.54 Å². The lowest BCUT2D eigenvalue weighted by Crippen LogP contribution is -2.22. The number of rotatable bonds is 5. The molecule has 3 heterocycles. The van der Waals surface area contributed by atoms with Gasteiger partial charge in [-0.1, -0.05) is 35.5 Å². The zero-order chi connectivity index (χ0) is 17.2. The number of primary amides is 1. The van der Waals surface area contributed by atoms with Gasteiger partial charge in [0.2, 0.25) is 11.7 Å². The van der Waals surface area contributed by atoms with E-state index in [1.165, 1.54) is 11.3 Å². The van der Waals surface area contributed by atoms with Crippen LogP contribution in [0.5, 0.6) is 0 Å². The molecule has 1 saturated heterocycles. The van der Waals surface area contributed by atoms with Crippen LogP contribution in [0.1, 0.15) is 39.3 Å². The third kappa shape index (κ3) is 3.33. The highest BCUT2D eigenvalue weighted by Gasteiger charge is 2.29. The van der Waals surface area contributed by atoms with Gasteiger partial charge in [-0.15, -0.1) is 11.3 Å². The minimum atomic E-state index is -0.370. The maximum atomic E-state index is 11.3. The Kier molecular flexibility index (Phi) is 4.33. The first-order valence-corrected chi connectivity index (χ1v) is 9.04. The van der Waals surface area contributed by atoms with E-state index >= 15 is 0 Å². The summed E-state index contributed by atoms with van der Waals surface area (Å²) in [6, 6.07) is 13.9. The number of carbonyl (C=O) groups excluding carboxylic acids is 1. The molecule has 0 unspecified atom stereocenters. The summed E-state index contributed by atoms with van der Waals surface area (Å²) >= 11 is 1.47. The predicted octanol–water partition coefficient (Wildman–Crippen LogP) is 3.23. The number of likely N-dealkylation sites (tertiary alicyclic amines) is 1. The van der Waals surface area contributed by atoms with E-state index < -0.39 is 0 Å². The van der Waals surface area contributed by atoms with E-state index in [2.05, 4.69) is 15.0 Å². The van der Waals surface area contributed by atoms with Crippen LogP contribution in [0, 0.1) is 0 Å². The number of carbonyl (C=O) groups is 1. The van der Waals surface area contributed by atoms with Gasteiger partial charge >= 0.3 is 0 Å². The largest absolute Gasteiger partial charge is 0.365 e. The van der Waals surface area contributed by atoms with Gasteiger partial charge < -0.3 is 10.3 Å². The van der Waals surface area contributed by atoms with Crippen LogP contribution < -0.4 is 5.73 Å². The Morgan fingerprint density at radius 3 is 2.88 bits per heavy atom. The Morgan fingerprint density at radius 2 is 2.12 bits per heavy atom. The van der Waals surface area contributed by atoms with Gasteiger partial charge in [-0.05, 0) is 31.5 Å². The molecule has 0 radical (unpaired) electrons. The van der Waals surface area contributed by atoms with E-state index in [9.17, 15) is 4.79 Å². The molecule has 6 nitrogen and oxygen atoms in total. The molecule has 128 valence electrons. The van der Waals surface area contributed by atoms with Crippen molar-refractivity contribution in [2.24, 2.45) is 5.73 Å². The number of nitrogens with two attached hydrogens (primary N) is 1. The highest BCUT2D eigenvalue weighted by molar-refractivity contribution is 7.14. The summed E-state index contributed by atoms with van der Waals surface area (Å²) in [4.78, 5) is 19.9. The van der Waals surface area contributed by atoms with Crippen LogP contribution in [0.4, 0.5) is 0 Å². The van der Waals surface area contributed by atoms with Crippen molar-refractivity contribution in [2.45, 2.75) is 25.4 Å². The van der Waals surface area contributed by atoms with Crippen molar-refractivity contribution in [1.29, 1.82) is 0 Å². The third-order valence-corrected chi connectivity index (χ3v) is 5.60. The summed E-state index contributed by atoms with van der Waals surface area (Å²) in [5.74, 6) is 0.848. The molecule has 1 atom stereocenters. The average Bonchev–Trinajstić information content (AvgIpc) is 3.36. The number of hydrogen-bond donors (Lipinski definition) is 1. The summed E-state index contributed by atoms with van der Waals surface area (Å²) in [5, 5.41) is 4.08. The summed E-state index contributed by atoms with van der Waals surface area (Å²) < 4.78 is 5.44. The van der Waals surface area contributed by atoms with Crippen LogP contribution in [0.25, 0.3) is 11.4 Å². The molecule has 1 fully saturated rings. The lowest BCUT2D eigenvalue weighted by Gasteiger charge is -2.21. The fourth-order valence-corrected chi connectivity index (χ4v) is 4.23. The van der Waals surface area contributed by atoms with Crippen LogP contribution in [0.3, 0.4) is 0 Å². The minimum absolute atomic E-state index is 0.269. The number of benzene rings is 1. The van der Waals surface area contributed by atoms with E-state index in [1.807, 2.05) is 36.4 Å². The molecule has 25 heavy (non-hydrogen) atoms. The van der Waals surface area contributed by atoms with Gasteiger partial charge in [-0.25, -0.2) is 0 Å². The minimum Gasteiger partial charge on any atom is -0.365 e. The quantitative estimate of drug-likeness (QED) is 0.760. The van der Waals surface area contributed by atoms with Gasteiger partial charge in [0.1, 0.15) is 0 Å². The molecule has 0 spiro atoms. The first-order chi connectivity index (χ1) is 12.2. The highest BCUT2D eigenvalue weighted by Crippen LogP contribution is 2.36. The van der Waals surface area contributed by atoms with Crippen molar-refractivity contribution < 1.29 is 9.32 Å². The van der Waals surface area contributed by atoms with Crippen molar-refractivity contribution in [3.05, 3.63) is 58.1 Å². The van der Waals surface area contributed by atoms with E-state index in [1.54, 1.807) is 6.07 Å². The predicted molar refractivity (Wildman–Crippen MR) is 95.0 cm³/mol. The van der Waals surface area contributed by atoms with Crippen LogP contribution in [0.15, 0.2) is 47.0 Å². The van der Waals surface area contributed by atoms with Gasteiger partial charge in [-0.2, -0.15) is 4.98 Å². The monoisotopic (exact) mass is 354 g/mol. The third-order valence-electron chi connectivity index (χ3n) is 4.40. The Morgan fingerprint density at radius 1 is 1.28 bits per heavy atom. The smallest absolute Gasteiger partial charge is 0.258 e. The number of nitrogens with zero attached hydrogens (tertiary/aromatic N) is 3. The number of amides is 1. The standard InChI is InChI=1S/C18H18N4O2S/c19-17(23)15-9-8-14(25-15)13-7-4-10-22(13)11-16-20-18(21-24-16)12-5-2-1-3-6-12/h1-3,5-6,8-9,13H,4,7,10-11H2,(H2,19,23)/t13-/m0/s1. The zero-order valence-corrected chi connectivity index (χ0v) is 14.4. The molecule has 1 aromatic carbocycles. The van der Waals surface area contributed by atoms with Crippen molar-refractivity contribution >= 4 is 17.2 Å². The lowest BCUT2D eigenvalue weighted by atomic mass is 10.2. The molecule has 3 aromatic rings. The van der Waals surface area contributed by atoms with Crippen LogP contribution in [0.2, 0.25) is 0 Å². The molecular weight excluding hydrogens is 336 g/mol. The Balaban J connectivity index is 1.50. The van der Waals surface area contributed by atoms with E-state index in [4.69, 9.17) is 10.3 Å². The maximum Gasteiger partial charge on any atom is 0.258 e. The van der Waals surface area contributed by atoms with Crippen LogP contribution in [-0.4, -0.2) is 27.5 Å². The average molecular weight is 354 g/mol. The van der Waals surface area contributed by atoms with E-state index in [0.717, 1.165) is 29.8 Å². The van der Waals surface area contributed by atoms with Crippen molar-refractivity contribution in [3.63, 3.8) is 0 Å². The molecule has 0 aliphatic carbocycles. The summed E-state index contributed by atoms with van der Waals surface area (Å²) in [7, 11) is 0. The topological polar surface area (TPSA) is 85.3 Å². The molecule has 4 rings (SSSR count). The van der Waals surface area contributed by atoms with Crippen molar-refractivity contribution in [1.82, 2.24) is 15.0 Å². The fourth-order valence-electron chi connectivity index (χ4n) is 3.20. The molecular formula is C18H18N4O2S. The second kappa shape index (κ2) is 6.78. The van der Waals surface area contributed by atoms with Gasteiger partial charge in [0.25, 0.3) is 5.91 Å². The second-order valence-corrected chi connectivity index (χ2v) is 7.19. The van der Waals surface area contributed by atoms with E-state index in [-0.39, 0.29) is 11.9 Å². The lowest BCUT2D eigenvalue weighted by molar-refractivity contribution is 0.100. The Bertz CT molecular complexity index is 874. The number of hydrogen-bond acceptors (Lipinski definition) is 6. The summed E-state index contributed by atoms with van der Waals surface area (Å²) in [5.41, 5.74) is 6.31. The maximum absolute atomic E-state index is 11.3. The Labute approximate surface area is 149 Å². The SMILES string of the molecule is NC(=O)c1ccc([C@@H]2CCCN2Cc2nc(-c3ccccc3)no2)s1. The van der Waals surface area contributed by atoms with Gasteiger partial charge in [0.15, 0.2) is 0 Å². The Hall–Kier alpha value is -2.51. The molecule has 1 amide bonds. The molecule has 0 saturated carbocycles. The fraction of sp³-hybridized carbons (Fsp3) is 0.278. The zero-order valence-electron chi connectivity index (χ0n) is 13.6. The molecule has 2 N–H and O–H groups in total. The molecule has 1 aliphatic rings. The highest BCUT2D eigenvalue weighted by atomic mass is 32.1. The number of aromatic nitrogens is 2. The molecule has 7 heteroatoms. The van der Waals surface area contributed by atoms with Crippen LogP contribution >= 0.6 is 11.3 Å². The number of thiophene rings is 1. The first kappa shape index (κ1) is 16.0. The first-order valence-electron chi connectivity index (χ1n) is 8.22. The molecule has 2 aromatic heterocycles. The summed E-state index contributed by atoms with van der Waals surface area (Å²) in [6.45, 7) is 1.58. The molecule has 0 bridgehead atoms. The second-order valence-electron chi connectivity index (χ2n) is 6.07.